The summed E-state index contributed by atoms with van der Waals surface area (Å²) in [6.45, 7) is 1.65. The van der Waals surface area contributed by atoms with Gasteiger partial charge < -0.3 is 38.2 Å². The van der Waals surface area contributed by atoms with Gasteiger partial charge in [0.2, 0.25) is 11.5 Å². The number of benzene rings is 2. The minimum atomic E-state index is -0.332. The van der Waals surface area contributed by atoms with Crippen molar-refractivity contribution in [2.24, 2.45) is 0 Å². The molecule has 0 radical (unpaired) electrons. The van der Waals surface area contributed by atoms with Crippen molar-refractivity contribution in [3.8, 4) is 58.2 Å². The SMILES string of the molecule is COc1cc(C#CC(=O)N2CCCN(C(=O)C#Cc3cc(OC)c(OC)c(OC)c3)CC2)cc(OC)c1OC. The van der Waals surface area contributed by atoms with Crippen LogP contribution in [0.25, 0.3) is 0 Å². The van der Waals surface area contributed by atoms with Crippen LogP contribution in [0.3, 0.4) is 0 Å². The number of hydrogen-bond acceptors (Lipinski definition) is 8. The second-order valence-corrected chi connectivity index (χ2v) is 8.27. The first-order valence-corrected chi connectivity index (χ1v) is 12.1. The lowest BCUT2D eigenvalue weighted by atomic mass is 10.2. The lowest BCUT2D eigenvalue weighted by Crippen LogP contribution is -2.36. The van der Waals surface area contributed by atoms with E-state index >= 15 is 0 Å². The van der Waals surface area contributed by atoms with Gasteiger partial charge in [-0.05, 0) is 30.7 Å². The van der Waals surface area contributed by atoms with Gasteiger partial charge in [-0.15, -0.1) is 0 Å². The zero-order chi connectivity index (χ0) is 28.4. The van der Waals surface area contributed by atoms with Gasteiger partial charge in [0.15, 0.2) is 23.0 Å². The molecule has 3 rings (SSSR count). The van der Waals surface area contributed by atoms with Crippen molar-refractivity contribution < 1.29 is 38.0 Å². The summed E-state index contributed by atoms with van der Waals surface area (Å²) in [5.41, 5.74) is 1.10. The average Bonchev–Trinajstić information content (AvgIpc) is 3.23. The Bertz CT molecular complexity index is 1180. The highest BCUT2D eigenvalue weighted by Crippen LogP contribution is 2.38. The molecule has 10 heteroatoms. The zero-order valence-corrected chi connectivity index (χ0v) is 23.0. The molecule has 2 amide bonds. The smallest absolute Gasteiger partial charge is 0.298 e. The summed E-state index contributed by atoms with van der Waals surface area (Å²) in [6.07, 6.45) is 0.606. The van der Waals surface area contributed by atoms with Crippen molar-refractivity contribution in [2.75, 3.05) is 68.8 Å². The van der Waals surface area contributed by atoms with Gasteiger partial charge in [-0.25, -0.2) is 0 Å². The molecule has 0 bridgehead atoms. The lowest BCUT2D eigenvalue weighted by molar-refractivity contribution is -0.127. The van der Waals surface area contributed by atoms with Crippen LogP contribution < -0.4 is 28.4 Å². The summed E-state index contributed by atoms with van der Waals surface area (Å²) < 4.78 is 32.0. The highest BCUT2D eigenvalue weighted by Gasteiger charge is 2.21. The van der Waals surface area contributed by atoms with Gasteiger partial charge in [0, 0.05) is 49.1 Å². The minimum Gasteiger partial charge on any atom is -0.493 e. The van der Waals surface area contributed by atoms with Crippen molar-refractivity contribution in [2.45, 2.75) is 6.42 Å². The summed E-state index contributed by atoms with van der Waals surface area (Å²) in [7, 11) is 9.08. The Hall–Kier alpha value is -4.70. The molecule has 1 heterocycles. The van der Waals surface area contributed by atoms with E-state index in [4.69, 9.17) is 28.4 Å². The number of amides is 2. The summed E-state index contributed by atoms with van der Waals surface area (Å²) >= 11 is 0. The molecule has 0 saturated carbocycles. The van der Waals surface area contributed by atoms with Gasteiger partial charge in [-0.3, -0.25) is 9.59 Å². The average molecular weight is 537 g/mol. The molecule has 2 aromatic rings. The Morgan fingerprint density at radius 3 is 1.18 bits per heavy atom. The van der Waals surface area contributed by atoms with E-state index in [0.717, 1.165) is 0 Å². The summed E-state index contributed by atoms with van der Waals surface area (Å²) in [5.74, 6) is 13.1. The Morgan fingerprint density at radius 1 is 0.564 bits per heavy atom. The van der Waals surface area contributed by atoms with Gasteiger partial charge in [0.05, 0.1) is 42.7 Å². The number of hydrogen-bond donors (Lipinski definition) is 0. The van der Waals surface area contributed by atoms with Crippen molar-refractivity contribution >= 4 is 11.8 Å². The number of nitrogens with zero attached hydrogens (tertiary/aromatic N) is 2. The number of ether oxygens (including phenoxy) is 6. The van der Waals surface area contributed by atoms with Crippen molar-refractivity contribution in [3.63, 3.8) is 0 Å². The number of methoxy groups -OCH3 is 6. The van der Waals surface area contributed by atoms with Gasteiger partial charge in [-0.2, -0.15) is 0 Å². The summed E-state index contributed by atoms with van der Waals surface area (Å²) in [5, 5.41) is 0. The zero-order valence-electron chi connectivity index (χ0n) is 23.0. The van der Waals surface area contributed by atoms with Crippen LogP contribution in [0.5, 0.6) is 34.5 Å². The van der Waals surface area contributed by atoms with Crippen molar-refractivity contribution in [1.29, 1.82) is 0 Å². The number of carbonyl (C=O) groups excluding carboxylic acids is 2. The van der Waals surface area contributed by atoms with E-state index in [-0.39, 0.29) is 11.8 Å². The van der Waals surface area contributed by atoms with E-state index in [1.807, 2.05) is 0 Å². The molecule has 0 aliphatic carbocycles. The molecule has 1 saturated heterocycles. The van der Waals surface area contributed by atoms with Crippen molar-refractivity contribution in [3.05, 3.63) is 35.4 Å². The van der Waals surface area contributed by atoms with Crippen LogP contribution in [0, 0.1) is 23.7 Å². The van der Waals surface area contributed by atoms with Crippen LogP contribution in [0.1, 0.15) is 17.5 Å². The molecule has 39 heavy (non-hydrogen) atoms. The molecule has 1 aliphatic rings. The molecular weight excluding hydrogens is 504 g/mol. The fourth-order valence-electron chi connectivity index (χ4n) is 4.04. The predicted molar refractivity (Wildman–Crippen MR) is 144 cm³/mol. The van der Waals surface area contributed by atoms with Crippen LogP contribution in [0.15, 0.2) is 24.3 Å². The van der Waals surface area contributed by atoms with Crippen LogP contribution in [-0.2, 0) is 9.59 Å². The van der Waals surface area contributed by atoms with E-state index in [9.17, 15) is 9.59 Å². The summed E-state index contributed by atoms with van der Waals surface area (Å²) in [4.78, 5) is 28.9. The maximum Gasteiger partial charge on any atom is 0.298 e. The molecular formula is C29H32N2O8. The second kappa shape index (κ2) is 13.7. The molecule has 10 nitrogen and oxygen atoms in total. The molecule has 0 unspecified atom stereocenters. The highest BCUT2D eigenvalue weighted by molar-refractivity contribution is 5.95. The predicted octanol–water partition coefficient (Wildman–Crippen LogP) is 2.20. The largest absolute Gasteiger partial charge is 0.493 e. The van der Waals surface area contributed by atoms with E-state index in [1.165, 1.54) is 42.7 Å². The van der Waals surface area contributed by atoms with Gasteiger partial charge in [-0.1, -0.05) is 11.8 Å². The molecule has 0 N–H and O–H groups in total. The Morgan fingerprint density at radius 2 is 0.897 bits per heavy atom. The normalized spacial score (nSPS) is 12.6. The van der Waals surface area contributed by atoms with Crippen LogP contribution >= 0.6 is 0 Å². The standard InChI is InChI=1S/C29H32N2O8/c1-34-22-16-20(17-23(35-2)28(22)38-5)8-10-26(32)30-12-7-13-31(15-14-30)27(33)11-9-21-18-24(36-3)29(39-6)25(19-21)37-4/h16-19H,7,12-15H2,1-6H3. The number of rotatable bonds is 6. The molecule has 0 aromatic heterocycles. The Balaban J connectivity index is 1.68. The number of carbonyl (C=O) groups is 2. The Labute approximate surface area is 228 Å². The van der Waals surface area contributed by atoms with Crippen LogP contribution in [0.2, 0.25) is 0 Å². The van der Waals surface area contributed by atoms with Crippen molar-refractivity contribution in [1.82, 2.24) is 9.80 Å². The molecule has 1 fully saturated rings. The van der Waals surface area contributed by atoms with Gasteiger partial charge >= 0.3 is 0 Å². The van der Waals surface area contributed by atoms with E-state index < -0.39 is 0 Å². The van der Waals surface area contributed by atoms with E-state index in [0.29, 0.717) is 78.2 Å². The quantitative estimate of drug-likeness (QED) is 0.519. The fraction of sp³-hybridized carbons (Fsp3) is 0.379. The maximum absolute atomic E-state index is 12.8. The highest BCUT2D eigenvalue weighted by atomic mass is 16.5. The first kappa shape index (κ1) is 28.9. The third-order valence-electron chi connectivity index (χ3n) is 6.03. The fourth-order valence-corrected chi connectivity index (χ4v) is 4.04. The molecule has 206 valence electrons. The first-order valence-electron chi connectivity index (χ1n) is 12.1. The maximum atomic E-state index is 12.8. The molecule has 2 aromatic carbocycles. The molecule has 0 spiro atoms. The van der Waals surface area contributed by atoms with Crippen LogP contribution in [-0.4, -0.2) is 90.5 Å². The Kier molecular flexibility index (Phi) is 10.2. The second-order valence-electron chi connectivity index (χ2n) is 8.27. The van der Waals surface area contributed by atoms with E-state index in [1.54, 1.807) is 34.1 Å². The van der Waals surface area contributed by atoms with E-state index in [2.05, 4.69) is 23.7 Å². The van der Waals surface area contributed by atoms with Gasteiger partial charge in [0.25, 0.3) is 11.8 Å². The topological polar surface area (TPSA) is 96.0 Å². The third-order valence-corrected chi connectivity index (χ3v) is 6.03. The molecule has 1 aliphatic heterocycles. The first-order chi connectivity index (χ1) is 18.9. The van der Waals surface area contributed by atoms with Crippen LogP contribution in [0.4, 0.5) is 0 Å². The minimum absolute atomic E-state index is 0.332. The van der Waals surface area contributed by atoms with Gasteiger partial charge in [0.1, 0.15) is 0 Å². The third kappa shape index (κ3) is 6.99. The lowest BCUT2D eigenvalue weighted by Gasteiger charge is -2.18. The molecule has 0 atom stereocenters. The monoisotopic (exact) mass is 536 g/mol. The summed E-state index contributed by atoms with van der Waals surface area (Å²) in [6, 6.07) is 6.71.